The van der Waals surface area contributed by atoms with Crippen molar-refractivity contribution in [2.45, 2.75) is 302 Å². The number of aliphatic hydroxyl groups is 2. The highest BCUT2D eigenvalue weighted by molar-refractivity contribution is 5.76. The van der Waals surface area contributed by atoms with E-state index in [0.717, 1.165) is 96.3 Å². The molecule has 2 unspecified atom stereocenters. The van der Waals surface area contributed by atoms with Crippen LogP contribution in [-0.2, 0) is 4.79 Å². The van der Waals surface area contributed by atoms with Gasteiger partial charge in [0.15, 0.2) is 0 Å². The molecule has 0 aliphatic carbocycles. The van der Waals surface area contributed by atoms with Crippen LogP contribution in [0.1, 0.15) is 290 Å². The van der Waals surface area contributed by atoms with Crippen LogP contribution >= 0.6 is 0 Å². The van der Waals surface area contributed by atoms with E-state index in [1.165, 1.54) is 167 Å². The summed E-state index contributed by atoms with van der Waals surface area (Å²) in [5, 5.41) is 23.4. The fourth-order valence-electron chi connectivity index (χ4n) is 8.94. The van der Waals surface area contributed by atoms with Gasteiger partial charge in [0.25, 0.3) is 0 Å². The van der Waals surface area contributed by atoms with Crippen molar-refractivity contribution in [2.24, 2.45) is 0 Å². The first-order valence-corrected chi connectivity index (χ1v) is 30.6. The van der Waals surface area contributed by atoms with Gasteiger partial charge in [0.2, 0.25) is 5.91 Å². The molecule has 0 aliphatic heterocycles. The first kappa shape index (κ1) is 68.0. The van der Waals surface area contributed by atoms with Crippen LogP contribution in [0.5, 0.6) is 0 Å². The molecule has 0 aromatic carbocycles. The van der Waals surface area contributed by atoms with Crippen LogP contribution in [0, 0.1) is 0 Å². The highest BCUT2D eigenvalue weighted by atomic mass is 16.3. The lowest BCUT2D eigenvalue weighted by atomic mass is 10.0. The monoisotopic (exact) mass is 984 g/mol. The lowest BCUT2D eigenvalue weighted by molar-refractivity contribution is -0.123. The molecule has 0 saturated carbocycles. The second-order valence-electron chi connectivity index (χ2n) is 20.4. The van der Waals surface area contributed by atoms with Crippen LogP contribution < -0.4 is 5.32 Å². The summed E-state index contributed by atoms with van der Waals surface area (Å²) in [5.41, 5.74) is 0. The maximum absolute atomic E-state index is 12.5. The molecule has 0 saturated heterocycles. The fourth-order valence-corrected chi connectivity index (χ4v) is 8.94. The van der Waals surface area contributed by atoms with Gasteiger partial charge in [0.05, 0.1) is 18.8 Å². The van der Waals surface area contributed by atoms with Gasteiger partial charge in [-0.25, -0.2) is 0 Å². The van der Waals surface area contributed by atoms with Crippen molar-refractivity contribution in [1.82, 2.24) is 5.32 Å². The molecule has 0 radical (unpaired) electrons. The minimum absolute atomic E-state index is 0.0514. The molecular weight excluding hydrogens is 867 g/mol. The van der Waals surface area contributed by atoms with Crippen LogP contribution in [0.2, 0.25) is 0 Å². The number of rotatable bonds is 55. The van der Waals surface area contributed by atoms with Crippen molar-refractivity contribution in [3.05, 3.63) is 109 Å². The number of hydrogen-bond donors (Lipinski definition) is 3. The zero-order valence-corrected chi connectivity index (χ0v) is 47.0. The van der Waals surface area contributed by atoms with Gasteiger partial charge < -0.3 is 15.5 Å². The van der Waals surface area contributed by atoms with Crippen molar-refractivity contribution < 1.29 is 15.0 Å². The third-order valence-corrected chi connectivity index (χ3v) is 13.5. The number of unbranched alkanes of at least 4 members (excludes halogenated alkanes) is 30. The predicted molar refractivity (Wildman–Crippen MR) is 317 cm³/mol. The molecule has 0 heterocycles. The van der Waals surface area contributed by atoms with E-state index in [-0.39, 0.29) is 12.5 Å². The molecule has 0 aromatic heterocycles. The molecule has 0 rings (SSSR count). The zero-order chi connectivity index (χ0) is 51.3. The molecule has 0 aliphatic rings. The molecule has 3 N–H and O–H groups in total. The fraction of sp³-hybridized carbons (Fsp3) is 0.716. The minimum Gasteiger partial charge on any atom is -0.394 e. The van der Waals surface area contributed by atoms with Crippen molar-refractivity contribution in [1.29, 1.82) is 0 Å². The third-order valence-electron chi connectivity index (χ3n) is 13.5. The van der Waals surface area contributed by atoms with E-state index in [1.54, 1.807) is 0 Å². The van der Waals surface area contributed by atoms with E-state index in [1.807, 2.05) is 0 Å². The molecule has 4 heteroatoms. The number of nitrogens with one attached hydrogen (secondary N) is 1. The summed E-state index contributed by atoms with van der Waals surface area (Å²) < 4.78 is 0. The maximum Gasteiger partial charge on any atom is 0.220 e. The number of allylic oxidation sites excluding steroid dienone is 18. The van der Waals surface area contributed by atoms with Gasteiger partial charge in [-0.2, -0.15) is 0 Å². The summed E-state index contributed by atoms with van der Waals surface area (Å²) in [5.74, 6) is -0.0514. The average molecular weight is 985 g/mol. The summed E-state index contributed by atoms with van der Waals surface area (Å²) >= 11 is 0. The Morgan fingerprint density at radius 2 is 0.620 bits per heavy atom. The Hall–Kier alpha value is -2.95. The number of hydrogen-bond acceptors (Lipinski definition) is 3. The Morgan fingerprint density at radius 1 is 0.352 bits per heavy atom. The molecule has 0 bridgehead atoms. The Morgan fingerprint density at radius 3 is 0.930 bits per heavy atom. The molecule has 71 heavy (non-hydrogen) atoms. The first-order valence-electron chi connectivity index (χ1n) is 30.6. The van der Waals surface area contributed by atoms with Crippen LogP contribution in [0.25, 0.3) is 0 Å². The van der Waals surface area contributed by atoms with Crippen molar-refractivity contribution in [3.8, 4) is 0 Å². The topological polar surface area (TPSA) is 69.6 Å². The van der Waals surface area contributed by atoms with Gasteiger partial charge in [-0.1, -0.05) is 309 Å². The Kier molecular flexibility index (Phi) is 58.8. The summed E-state index contributed by atoms with van der Waals surface area (Å²) in [6, 6.07) is -0.557. The molecule has 0 spiro atoms. The quantitative estimate of drug-likeness (QED) is 0.0420. The van der Waals surface area contributed by atoms with Gasteiger partial charge in [0.1, 0.15) is 0 Å². The summed E-state index contributed by atoms with van der Waals surface area (Å²) in [7, 11) is 0. The predicted octanol–water partition coefficient (Wildman–Crippen LogP) is 20.6. The van der Waals surface area contributed by atoms with E-state index >= 15 is 0 Å². The van der Waals surface area contributed by atoms with Crippen molar-refractivity contribution >= 4 is 5.91 Å². The van der Waals surface area contributed by atoms with Gasteiger partial charge in [-0.05, 0) is 83.5 Å². The average Bonchev–Trinajstić information content (AvgIpc) is 3.37. The lowest BCUT2D eigenvalue weighted by Gasteiger charge is -2.22. The smallest absolute Gasteiger partial charge is 0.220 e. The summed E-state index contributed by atoms with van der Waals surface area (Å²) in [4.78, 5) is 12.5. The van der Waals surface area contributed by atoms with E-state index in [0.29, 0.717) is 12.8 Å². The summed E-state index contributed by atoms with van der Waals surface area (Å²) in [6.07, 6.45) is 92.3. The standard InChI is InChI=1S/C67H117NO3/c1-3-5-7-9-11-13-15-17-19-21-23-25-27-29-31-32-33-34-35-36-37-39-41-43-45-47-49-51-53-55-57-59-61-63-67(71)68-65(64-69)66(70)62-60-58-56-54-52-50-48-46-44-42-40-38-30-28-26-24-22-20-18-16-14-12-10-8-6-4-2/h5,7,11,13,17,19,23,25,29,31,33-34,36-37,41,43,47,49,65-66,69-70H,3-4,6,8-10,12,14-16,18,20-22,24,26-28,30,32,35,38-40,42,44-46,48,50-64H2,1-2H3,(H,68,71)/b7-5-,13-11-,19-17-,25-23-,31-29-,34-33-,37-36-,43-41-,49-47-. The van der Waals surface area contributed by atoms with Crippen LogP contribution in [0.15, 0.2) is 109 Å². The van der Waals surface area contributed by atoms with Crippen molar-refractivity contribution in [3.63, 3.8) is 0 Å². The normalized spacial score (nSPS) is 13.6. The van der Waals surface area contributed by atoms with Gasteiger partial charge in [-0.15, -0.1) is 0 Å². The van der Waals surface area contributed by atoms with Gasteiger partial charge in [0, 0.05) is 6.42 Å². The molecule has 0 fully saturated rings. The SMILES string of the molecule is CC/C=C\C/C=C\C/C=C\C/C=C\C/C=C\C/C=C\C/C=C\C/C=C\C/C=C\CCCCCCCC(=O)NC(CO)C(O)CCCCCCCCCCCCCCCCCCCCCCCCCCCC. The number of aliphatic hydroxyl groups excluding tert-OH is 2. The first-order chi connectivity index (χ1) is 35.2. The zero-order valence-electron chi connectivity index (χ0n) is 47.0. The Bertz CT molecular complexity index is 1350. The molecule has 2 atom stereocenters. The largest absolute Gasteiger partial charge is 0.394 e. The van der Waals surface area contributed by atoms with E-state index in [9.17, 15) is 15.0 Å². The summed E-state index contributed by atoms with van der Waals surface area (Å²) in [6.45, 7) is 4.25. The number of amides is 1. The van der Waals surface area contributed by atoms with E-state index in [2.05, 4.69) is 129 Å². The molecule has 4 nitrogen and oxygen atoms in total. The van der Waals surface area contributed by atoms with Gasteiger partial charge >= 0.3 is 0 Å². The second-order valence-corrected chi connectivity index (χ2v) is 20.4. The lowest BCUT2D eigenvalue weighted by Crippen LogP contribution is -2.45. The molecule has 408 valence electrons. The Balaban J connectivity index is 3.58. The van der Waals surface area contributed by atoms with Gasteiger partial charge in [-0.3, -0.25) is 4.79 Å². The van der Waals surface area contributed by atoms with Crippen LogP contribution in [0.4, 0.5) is 0 Å². The Labute approximate surface area is 442 Å². The number of carbonyl (C=O) groups excluding carboxylic acids is 1. The van der Waals surface area contributed by atoms with E-state index < -0.39 is 12.1 Å². The number of carbonyl (C=O) groups is 1. The maximum atomic E-state index is 12.5. The van der Waals surface area contributed by atoms with Crippen LogP contribution in [0.3, 0.4) is 0 Å². The molecule has 1 amide bonds. The van der Waals surface area contributed by atoms with E-state index in [4.69, 9.17) is 0 Å². The third kappa shape index (κ3) is 57.8. The highest BCUT2D eigenvalue weighted by Gasteiger charge is 2.20. The molecule has 0 aromatic rings. The second kappa shape index (κ2) is 61.4. The highest BCUT2D eigenvalue weighted by Crippen LogP contribution is 2.17. The van der Waals surface area contributed by atoms with Crippen molar-refractivity contribution in [2.75, 3.05) is 6.61 Å². The molecular formula is C67H117NO3. The minimum atomic E-state index is -0.677. The van der Waals surface area contributed by atoms with Crippen LogP contribution in [-0.4, -0.2) is 34.9 Å².